The molecule has 118 valence electrons. The maximum atomic E-state index is 5.52. The van der Waals surface area contributed by atoms with Crippen molar-refractivity contribution in [2.45, 2.75) is 31.7 Å². The molecule has 1 N–H and O–H groups in total. The number of hydrogen-bond donors (Lipinski definition) is 1. The van der Waals surface area contributed by atoms with Crippen molar-refractivity contribution in [1.82, 2.24) is 30.2 Å². The summed E-state index contributed by atoms with van der Waals surface area (Å²) in [6.07, 6.45) is 7.35. The van der Waals surface area contributed by atoms with E-state index >= 15 is 0 Å². The highest BCUT2D eigenvalue weighted by Crippen LogP contribution is 2.29. The Labute approximate surface area is 133 Å². The Hall–Kier alpha value is -2.54. The first-order chi connectivity index (χ1) is 11.3. The van der Waals surface area contributed by atoms with Gasteiger partial charge in [-0.3, -0.25) is 4.98 Å². The van der Waals surface area contributed by atoms with Crippen LogP contribution in [0.2, 0.25) is 0 Å². The van der Waals surface area contributed by atoms with Crippen LogP contribution in [-0.4, -0.2) is 37.5 Å². The molecule has 1 saturated heterocycles. The smallest absolute Gasteiger partial charge is 0.230 e. The van der Waals surface area contributed by atoms with E-state index in [1.807, 2.05) is 24.4 Å². The summed E-state index contributed by atoms with van der Waals surface area (Å²) in [5, 5.41) is 11.8. The van der Waals surface area contributed by atoms with Gasteiger partial charge in [-0.05, 0) is 44.5 Å². The molecule has 3 aromatic rings. The molecule has 1 aliphatic heterocycles. The maximum Gasteiger partial charge on any atom is 0.230 e. The molecule has 0 aromatic carbocycles. The van der Waals surface area contributed by atoms with Gasteiger partial charge < -0.3 is 9.84 Å². The van der Waals surface area contributed by atoms with Gasteiger partial charge >= 0.3 is 0 Å². The molecule has 4 rings (SSSR count). The van der Waals surface area contributed by atoms with Gasteiger partial charge in [0.25, 0.3) is 0 Å². The van der Waals surface area contributed by atoms with Gasteiger partial charge in [0.15, 0.2) is 0 Å². The summed E-state index contributed by atoms with van der Waals surface area (Å²) in [4.78, 5) is 9.02. The van der Waals surface area contributed by atoms with E-state index in [-0.39, 0.29) is 0 Å². The van der Waals surface area contributed by atoms with Crippen LogP contribution in [0.5, 0.6) is 0 Å². The van der Waals surface area contributed by atoms with Gasteiger partial charge in [-0.2, -0.15) is 10.1 Å². The molecule has 0 amide bonds. The Bertz CT molecular complexity index is 781. The van der Waals surface area contributed by atoms with Gasteiger partial charge in [-0.1, -0.05) is 5.16 Å². The molecule has 1 fully saturated rings. The molecule has 0 radical (unpaired) electrons. The van der Waals surface area contributed by atoms with Crippen molar-refractivity contribution in [2.24, 2.45) is 0 Å². The molecule has 4 heterocycles. The molecular formula is C16H18N6O. The van der Waals surface area contributed by atoms with Crippen LogP contribution in [0.4, 0.5) is 0 Å². The van der Waals surface area contributed by atoms with E-state index in [1.165, 1.54) is 0 Å². The average Bonchev–Trinajstić information content (AvgIpc) is 3.27. The third kappa shape index (κ3) is 2.75. The lowest BCUT2D eigenvalue weighted by Gasteiger charge is -2.25. The summed E-state index contributed by atoms with van der Waals surface area (Å²) < 4.78 is 7.28. The normalized spacial score (nSPS) is 21.4. The lowest BCUT2D eigenvalue weighted by atomic mass is 9.93. The summed E-state index contributed by atoms with van der Waals surface area (Å²) in [5.41, 5.74) is 1.51. The highest BCUT2D eigenvalue weighted by Gasteiger charge is 2.26. The fourth-order valence-corrected chi connectivity index (χ4v) is 3.02. The van der Waals surface area contributed by atoms with E-state index < -0.39 is 0 Å². The third-order valence-electron chi connectivity index (χ3n) is 4.16. The molecule has 0 saturated carbocycles. The number of aromatic nitrogens is 5. The second-order valence-electron chi connectivity index (χ2n) is 5.85. The standard InChI is InChI=1S/C16H18N6O/c1-11-10-12(5-8-17-11)16-20-15(21-23-16)14-13(4-2-6-18-14)22-9-3-7-19-22/h2-4,6-7,9,11-12,17H,5,8,10H2,1H3/t11-,12-/m1/s1. The first-order valence-corrected chi connectivity index (χ1v) is 7.83. The van der Waals surface area contributed by atoms with Crippen LogP contribution in [0.3, 0.4) is 0 Å². The molecule has 23 heavy (non-hydrogen) atoms. The van der Waals surface area contributed by atoms with Crippen LogP contribution < -0.4 is 5.32 Å². The van der Waals surface area contributed by atoms with Crippen LogP contribution in [0.1, 0.15) is 31.6 Å². The van der Waals surface area contributed by atoms with Crippen molar-refractivity contribution in [2.75, 3.05) is 6.54 Å². The Morgan fingerprint density at radius 1 is 1.30 bits per heavy atom. The highest BCUT2D eigenvalue weighted by atomic mass is 16.5. The topological polar surface area (TPSA) is 81.7 Å². The van der Waals surface area contributed by atoms with Gasteiger partial charge in [-0.15, -0.1) is 0 Å². The summed E-state index contributed by atoms with van der Waals surface area (Å²) in [6, 6.07) is 6.15. The van der Waals surface area contributed by atoms with Crippen molar-refractivity contribution >= 4 is 0 Å². The highest BCUT2D eigenvalue weighted by molar-refractivity contribution is 5.61. The van der Waals surface area contributed by atoms with Gasteiger partial charge in [0.1, 0.15) is 5.69 Å². The van der Waals surface area contributed by atoms with Gasteiger partial charge in [0, 0.05) is 30.6 Å². The Balaban J connectivity index is 1.67. The quantitative estimate of drug-likeness (QED) is 0.798. The molecule has 0 bridgehead atoms. The fraction of sp³-hybridized carbons (Fsp3) is 0.375. The zero-order valence-electron chi connectivity index (χ0n) is 12.9. The van der Waals surface area contributed by atoms with Gasteiger partial charge in [0.05, 0.1) is 5.69 Å². The van der Waals surface area contributed by atoms with Gasteiger partial charge in [0.2, 0.25) is 11.7 Å². The summed E-state index contributed by atoms with van der Waals surface area (Å²) in [5.74, 6) is 1.52. The van der Waals surface area contributed by atoms with E-state index in [0.29, 0.717) is 29.4 Å². The molecule has 3 aromatic heterocycles. The van der Waals surface area contributed by atoms with E-state index in [0.717, 1.165) is 25.1 Å². The van der Waals surface area contributed by atoms with E-state index in [2.05, 4.69) is 32.5 Å². The maximum absolute atomic E-state index is 5.52. The second kappa shape index (κ2) is 5.92. The predicted octanol–water partition coefficient (Wildman–Crippen LogP) is 2.17. The SMILES string of the molecule is C[C@@H]1C[C@H](c2nc(-c3ncccc3-n3cccn3)no2)CCN1. The van der Waals surface area contributed by atoms with Crippen LogP contribution in [0.25, 0.3) is 17.2 Å². The first-order valence-electron chi connectivity index (χ1n) is 7.83. The number of piperidine rings is 1. The number of nitrogens with zero attached hydrogens (tertiary/aromatic N) is 5. The van der Waals surface area contributed by atoms with Crippen molar-refractivity contribution in [3.63, 3.8) is 0 Å². The van der Waals surface area contributed by atoms with Crippen LogP contribution in [0, 0.1) is 0 Å². The van der Waals surface area contributed by atoms with Crippen molar-refractivity contribution in [3.8, 4) is 17.2 Å². The summed E-state index contributed by atoms with van der Waals surface area (Å²) in [6.45, 7) is 3.16. The second-order valence-corrected chi connectivity index (χ2v) is 5.85. The lowest BCUT2D eigenvalue weighted by molar-refractivity contribution is 0.295. The number of hydrogen-bond acceptors (Lipinski definition) is 6. The Morgan fingerprint density at radius 3 is 3.09 bits per heavy atom. The molecule has 0 spiro atoms. The molecule has 7 nitrogen and oxygen atoms in total. The first kappa shape index (κ1) is 14.1. The van der Waals surface area contributed by atoms with E-state index in [1.54, 1.807) is 17.1 Å². The van der Waals surface area contributed by atoms with Crippen molar-refractivity contribution < 1.29 is 4.52 Å². The zero-order chi connectivity index (χ0) is 15.6. The Kier molecular flexibility index (Phi) is 3.63. The molecule has 2 atom stereocenters. The van der Waals surface area contributed by atoms with E-state index in [9.17, 15) is 0 Å². The predicted molar refractivity (Wildman–Crippen MR) is 84.1 cm³/mol. The summed E-state index contributed by atoms with van der Waals surface area (Å²) >= 11 is 0. The molecule has 1 aliphatic rings. The zero-order valence-corrected chi connectivity index (χ0v) is 12.9. The minimum atomic E-state index is 0.310. The van der Waals surface area contributed by atoms with Crippen LogP contribution in [0.15, 0.2) is 41.3 Å². The monoisotopic (exact) mass is 310 g/mol. The Morgan fingerprint density at radius 2 is 2.26 bits per heavy atom. The molecule has 0 unspecified atom stereocenters. The molecule has 7 heteroatoms. The summed E-state index contributed by atoms with van der Waals surface area (Å²) in [7, 11) is 0. The molecular weight excluding hydrogens is 292 g/mol. The van der Waals surface area contributed by atoms with Crippen LogP contribution >= 0.6 is 0 Å². The third-order valence-corrected chi connectivity index (χ3v) is 4.16. The molecule has 0 aliphatic carbocycles. The minimum Gasteiger partial charge on any atom is -0.339 e. The fourth-order valence-electron chi connectivity index (χ4n) is 3.02. The number of rotatable bonds is 3. The van der Waals surface area contributed by atoms with Crippen LogP contribution in [-0.2, 0) is 0 Å². The minimum absolute atomic E-state index is 0.310. The van der Waals surface area contributed by atoms with E-state index in [4.69, 9.17) is 4.52 Å². The van der Waals surface area contributed by atoms with Crippen molar-refractivity contribution in [1.29, 1.82) is 0 Å². The largest absolute Gasteiger partial charge is 0.339 e. The van der Waals surface area contributed by atoms with Gasteiger partial charge in [-0.25, -0.2) is 4.68 Å². The average molecular weight is 310 g/mol. The van der Waals surface area contributed by atoms with Crippen molar-refractivity contribution in [3.05, 3.63) is 42.7 Å². The number of pyridine rings is 1. The lowest BCUT2D eigenvalue weighted by Crippen LogP contribution is -2.34. The number of nitrogens with one attached hydrogen (secondary N) is 1.